The molecule has 0 unspecified atom stereocenters. The van der Waals surface area contributed by atoms with Crippen LogP contribution >= 0.6 is 0 Å². The Hall–Kier alpha value is -7.00. The van der Waals surface area contributed by atoms with E-state index in [1.54, 1.807) is 0 Å². The summed E-state index contributed by atoms with van der Waals surface area (Å²) in [6.45, 7) is 16.2. The summed E-state index contributed by atoms with van der Waals surface area (Å²) in [7, 11) is 0. The Bertz CT molecular complexity index is 3020. The van der Waals surface area contributed by atoms with Gasteiger partial charge in [0.1, 0.15) is 5.82 Å². The standard InChI is InChI=1S/C63H55N4.Pt/c1-61(2,48-26-13-8-14-27-48)52-40-53(62(3,4)49-28-15-9-16-29-49)44-57(43-52)66-45-65(58-34-19-20-35-59(58)66)56-39-47(46-24-11-7-12-25-46)38-51(42-56)63(5,6)50-30-23-33-55(41-50)67(54-31-17-10-18-32-54)60-36-21-22-37-64-60;/h7-40,43-45H,1-6H3;/q-3;. The average molecular weight is 1060 g/mol. The van der Waals surface area contributed by atoms with Crippen molar-refractivity contribution in [2.75, 3.05) is 14.7 Å². The van der Waals surface area contributed by atoms with Crippen molar-refractivity contribution in [1.82, 2.24) is 4.98 Å². The molecule has 1 aromatic heterocycles. The molecule has 1 aliphatic heterocycles. The Labute approximate surface area is 417 Å². The van der Waals surface area contributed by atoms with Gasteiger partial charge in [0.05, 0.1) is 0 Å². The number of nitrogens with zero attached hydrogens (tertiary/aromatic N) is 4. The molecule has 68 heavy (non-hydrogen) atoms. The van der Waals surface area contributed by atoms with Crippen LogP contribution in [0.5, 0.6) is 0 Å². The molecule has 0 amide bonds. The van der Waals surface area contributed by atoms with E-state index in [1.165, 1.54) is 22.3 Å². The van der Waals surface area contributed by atoms with Gasteiger partial charge in [-0.25, -0.2) is 4.98 Å². The van der Waals surface area contributed by atoms with Gasteiger partial charge in [-0.2, -0.15) is 41.5 Å². The summed E-state index contributed by atoms with van der Waals surface area (Å²) in [5, 5.41) is 0. The van der Waals surface area contributed by atoms with Gasteiger partial charge in [0, 0.05) is 60.8 Å². The Morgan fingerprint density at radius 2 is 0.985 bits per heavy atom. The van der Waals surface area contributed by atoms with Crippen LogP contribution in [0.1, 0.15) is 74.9 Å². The minimum absolute atomic E-state index is 0. The van der Waals surface area contributed by atoms with Crippen molar-refractivity contribution in [1.29, 1.82) is 0 Å². The quantitative estimate of drug-likeness (QED) is 0.114. The maximum atomic E-state index is 4.78. The van der Waals surface area contributed by atoms with Crippen molar-refractivity contribution in [2.45, 2.75) is 57.8 Å². The van der Waals surface area contributed by atoms with Crippen LogP contribution < -0.4 is 14.7 Å². The third-order valence-electron chi connectivity index (χ3n) is 13.7. The second-order valence-corrected chi connectivity index (χ2v) is 19.1. The summed E-state index contributed by atoms with van der Waals surface area (Å²) in [6, 6.07) is 83.7. The molecule has 0 radical (unpaired) electrons. The first-order valence-corrected chi connectivity index (χ1v) is 23.2. The topological polar surface area (TPSA) is 22.6 Å². The first-order chi connectivity index (χ1) is 32.5. The van der Waals surface area contributed by atoms with Gasteiger partial charge < -0.3 is 14.7 Å². The maximum Gasteiger partial charge on any atom is 0.135 e. The molecule has 0 saturated carbocycles. The van der Waals surface area contributed by atoms with E-state index in [1.807, 2.05) is 30.5 Å². The van der Waals surface area contributed by atoms with Gasteiger partial charge in [-0.1, -0.05) is 181 Å². The van der Waals surface area contributed by atoms with Crippen LogP contribution in [0.4, 0.5) is 39.9 Å². The van der Waals surface area contributed by atoms with Gasteiger partial charge >= 0.3 is 0 Å². The molecule has 8 aromatic carbocycles. The Kier molecular flexibility index (Phi) is 12.8. The third-order valence-corrected chi connectivity index (χ3v) is 13.7. The van der Waals surface area contributed by atoms with Crippen LogP contribution in [0.15, 0.2) is 219 Å². The van der Waals surface area contributed by atoms with E-state index in [0.29, 0.717) is 0 Å². The Morgan fingerprint density at radius 3 is 1.57 bits per heavy atom. The largest absolute Gasteiger partial charge is 0.493 e. The van der Waals surface area contributed by atoms with Crippen LogP contribution in [0, 0.1) is 18.8 Å². The number of hydrogen-bond acceptors (Lipinski definition) is 4. The summed E-state index contributed by atoms with van der Waals surface area (Å²) < 4.78 is 0. The Balaban J connectivity index is 0.00000578. The van der Waals surface area contributed by atoms with Crippen LogP contribution in [0.2, 0.25) is 0 Å². The molecule has 0 bridgehead atoms. The summed E-state index contributed by atoms with van der Waals surface area (Å²) >= 11 is 0. The van der Waals surface area contributed by atoms with Crippen molar-refractivity contribution in [3.8, 4) is 11.1 Å². The molecule has 0 atom stereocenters. The molecule has 5 heteroatoms. The number of pyridine rings is 1. The first kappa shape index (κ1) is 46.1. The van der Waals surface area contributed by atoms with Gasteiger partial charge in [-0.3, -0.25) is 0 Å². The fraction of sp³-hybridized carbons (Fsp3) is 0.143. The number of para-hydroxylation sites is 3. The SMILES string of the molecule is CC(C)(c1[c-]c(N(c2ccccc2)c2ccccn2)ccc1)c1[c-]c(N2[CH-]N(c3cc(C(C)(C)c4ccccc4)cc(C(C)(C)c4ccccc4)c3)c3ccccc32)cc(-c2ccccc2)c1.[Pt]. The molecular formula is C63H55N4Pt-3. The second-order valence-electron chi connectivity index (χ2n) is 19.1. The van der Waals surface area contributed by atoms with Crippen LogP contribution in [0.25, 0.3) is 11.1 Å². The van der Waals surface area contributed by atoms with E-state index in [2.05, 4.69) is 263 Å². The fourth-order valence-corrected chi connectivity index (χ4v) is 9.40. The number of benzene rings is 8. The van der Waals surface area contributed by atoms with Crippen LogP contribution in [-0.4, -0.2) is 4.98 Å². The molecule has 0 aliphatic carbocycles. The van der Waals surface area contributed by atoms with Gasteiger partial charge in [0.25, 0.3) is 0 Å². The fourth-order valence-electron chi connectivity index (χ4n) is 9.40. The Morgan fingerprint density at radius 1 is 0.441 bits per heavy atom. The molecule has 0 saturated heterocycles. The number of aromatic nitrogens is 1. The summed E-state index contributed by atoms with van der Waals surface area (Å²) in [5.74, 6) is 0.831. The van der Waals surface area contributed by atoms with E-state index < -0.39 is 5.41 Å². The van der Waals surface area contributed by atoms with Crippen molar-refractivity contribution in [2.24, 2.45) is 0 Å². The number of hydrogen-bond donors (Lipinski definition) is 0. The van der Waals surface area contributed by atoms with E-state index >= 15 is 0 Å². The van der Waals surface area contributed by atoms with E-state index in [-0.39, 0.29) is 31.9 Å². The van der Waals surface area contributed by atoms with Gasteiger partial charge in [0.2, 0.25) is 0 Å². The smallest absolute Gasteiger partial charge is 0.135 e. The van der Waals surface area contributed by atoms with Crippen molar-refractivity contribution in [3.05, 3.63) is 271 Å². The van der Waals surface area contributed by atoms with Crippen LogP contribution in [0.3, 0.4) is 0 Å². The predicted octanol–water partition coefficient (Wildman–Crippen LogP) is 16.2. The number of rotatable bonds is 12. The summed E-state index contributed by atoms with van der Waals surface area (Å²) in [4.78, 5) is 11.6. The molecule has 9 aromatic rings. The van der Waals surface area contributed by atoms with Gasteiger partial charge in [-0.05, 0) is 81.8 Å². The molecule has 2 heterocycles. The van der Waals surface area contributed by atoms with E-state index in [0.717, 1.165) is 62.2 Å². The molecule has 10 rings (SSSR count). The summed E-state index contributed by atoms with van der Waals surface area (Å²) in [6.07, 6.45) is 1.84. The number of fused-ring (bicyclic) bond motifs is 1. The van der Waals surface area contributed by atoms with Gasteiger partial charge in [0.15, 0.2) is 0 Å². The monoisotopic (exact) mass is 1060 g/mol. The van der Waals surface area contributed by atoms with Crippen LogP contribution in [-0.2, 0) is 37.3 Å². The normalized spacial score (nSPS) is 12.6. The zero-order valence-electron chi connectivity index (χ0n) is 39.5. The summed E-state index contributed by atoms with van der Waals surface area (Å²) in [5.41, 5.74) is 14.6. The minimum atomic E-state index is -0.504. The van der Waals surface area contributed by atoms with Crippen molar-refractivity contribution < 1.29 is 21.1 Å². The molecule has 340 valence electrons. The first-order valence-electron chi connectivity index (χ1n) is 23.2. The molecular weight excluding hydrogens is 1010 g/mol. The molecule has 0 N–H and O–H groups in total. The minimum Gasteiger partial charge on any atom is -0.493 e. The number of anilines is 7. The van der Waals surface area contributed by atoms with E-state index in [4.69, 9.17) is 4.98 Å². The molecule has 0 spiro atoms. The zero-order chi connectivity index (χ0) is 46.2. The van der Waals surface area contributed by atoms with Crippen molar-refractivity contribution >= 4 is 39.9 Å². The van der Waals surface area contributed by atoms with E-state index in [9.17, 15) is 0 Å². The maximum absolute atomic E-state index is 4.78. The average Bonchev–Trinajstić information content (AvgIpc) is 3.78. The zero-order valence-corrected chi connectivity index (χ0v) is 41.7. The molecule has 0 fully saturated rings. The molecule has 1 aliphatic rings. The predicted molar refractivity (Wildman–Crippen MR) is 279 cm³/mol. The molecule has 4 nitrogen and oxygen atoms in total. The van der Waals surface area contributed by atoms with Gasteiger partial charge in [-0.15, -0.1) is 30.1 Å². The second kappa shape index (κ2) is 18.9. The third kappa shape index (κ3) is 8.82. The van der Waals surface area contributed by atoms with Crippen molar-refractivity contribution in [3.63, 3.8) is 0 Å².